The van der Waals surface area contributed by atoms with Crippen LogP contribution in [0.25, 0.3) is 0 Å². The Hall–Kier alpha value is -2.75. The van der Waals surface area contributed by atoms with Crippen LogP contribution in [0.2, 0.25) is 0 Å². The molecule has 0 aromatic carbocycles. The van der Waals surface area contributed by atoms with Crippen LogP contribution in [0.15, 0.2) is 6.07 Å². The standard InChI is InChI=1S/C16H20N4O5S/c1-5-11-7-12(16(22)25-6-2)15(26-11)17-13(21)8-19-10(4)14(20(23)24)9(3)18-19/h7H,5-6,8H2,1-4H3,(H,17,21). The number of anilines is 1. The van der Waals surface area contributed by atoms with E-state index in [1.165, 1.54) is 29.9 Å². The van der Waals surface area contributed by atoms with Gasteiger partial charge in [0.25, 0.3) is 0 Å². The predicted octanol–water partition coefficient (Wildman–Crippen LogP) is 2.85. The van der Waals surface area contributed by atoms with Crippen molar-refractivity contribution >= 4 is 33.9 Å². The van der Waals surface area contributed by atoms with E-state index in [0.717, 1.165) is 11.3 Å². The Morgan fingerprint density at radius 1 is 1.38 bits per heavy atom. The largest absolute Gasteiger partial charge is 0.462 e. The van der Waals surface area contributed by atoms with Crippen molar-refractivity contribution in [2.24, 2.45) is 0 Å². The molecule has 10 heteroatoms. The lowest BCUT2D eigenvalue weighted by Crippen LogP contribution is -2.21. The van der Waals surface area contributed by atoms with Crippen LogP contribution in [-0.4, -0.2) is 33.2 Å². The smallest absolute Gasteiger partial charge is 0.341 e. The lowest BCUT2D eigenvalue weighted by atomic mass is 10.2. The van der Waals surface area contributed by atoms with Gasteiger partial charge in [0.05, 0.1) is 17.1 Å². The fraction of sp³-hybridized carbons (Fsp3) is 0.438. The zero-order valence-corrected chi connectivity index (χ0v) is 15.8. The Morgan fingerprint density at radius 3 is 2.62 bits per heavy atom. The number of nitro groups is 1. The molecule has 1 amide bonds. The molecule has 0 unspecified atom stereocenters. The SMILES string of the molecule is CCOC(=O)c1cc(CC)sc1NC(=O)Cn1nc(C)c([N+](=O)[O-])c1C. The number of nitrogens with zero attached hydrogens (tertiary/aromatic N) is 3. The molecule has 0 spiro atoms. The molecule has 0 fully saturated rings. The van der Waals surface area contributed by atoms with Crippen molar-refractivity contribution < 1.29 is 19.2 Å². The molecule has 2 aromatic rings. The Balaban J connectivity index is 2.21. The maximum Gasteiger partial charge on any atom is 0.341 e. The van der Waals surface area contributed by atoms with Gasteiger partial charge in [-0.2, -0.15) is 5.10 Å². The molecule has 0 aliphatic rings. The number of carbonyl (C=O) groups excluding carboxylic acids is 2. The van der Waals surface area contributed by atoms with E-state index in [1.54, 1.807) is 13.0 Å². The molecular formula is C16H20N4O5S. The Labute approximate surface area is 154 Å². The molecule has 2 heterocycles. The lowest BCUT2D eigenvalue weighted by molar-refractivity contribution is -0.386. The van der Waals surface area contributed by atoms with Crippen molar-refractivity contribution in [2.45, 2.75) is 40.7 Å². The summed E-state index contributed by atoms with van der Waals surface area (Å²) in [5, 5.41) is 18.2. The zero-order valence-electron chi connectivity index (χ0n) is 15.0. The summed E-state index contributed by atoms with van der Waals surface area (Å²) in [5.74, 6) is -0.930. The number of amides is 1. The third-order valence-electron chi connectivity index (χ3n) is 3.70. The minimum Gasteiger partial charge on any atom is -0.462 e. The maximum absolute atomic E-state index is 12.4. The van der Waals surface area contributed by atoms with Crippen molar-refractivity contribution in [3.63, 3.8) is 0 Å². The second-order valence-corrected chi connectivity index (χ2v) is 6.65. The topological polar surface area (TPSA) is 116 Å². The van der Waals surface area contributed by atoms with E-state index in [4.69, 9.17) is 4.74 Å². The van der Waals surface area contributed by atoms with Crippen LogP contribution in [0.5, 0.6) is 0 Å². The Morgan fingerprint density at radius 2 is 2.08 bits per heavy atom. The van der Waals surface area contributed by atoms with E-state index >= 15 is 0 Å². The van der Waals surface area contributed by atoms with E-state index in [2.05, 4.69) is 10.4 Å². The number of aryl methyl sites for hydroxylation is 2. The minimum absolute atomic E-state index is 0.102. The summed E-state index contributed by atoms with van der Waals surface area (Å²) in [6.45, 7) is 6.75. The minimum atomic E-state index is -0.516. The number of nitrogens with one attached hydrogen (secondary N) is 1. The maximum atomic E-state index is 12.4. The number of carbonyl (C=O) groups is 2. The molecule has 140 valence electrons. The van der Waals surface area contributed by atoms with Gasteiger partial charge in [-0.05, 0) is 33.3 Å². The van der Waals surface area contributed by atoms with Gasteiger partial charge < -0.3 is 10.1 Å². The van der Waals surface area contributed by atoms with Crippen LogP contribution >= 0.6 is 11.3 Å². The van der Waals surface area contributed by atoms with Crippen molar-refractivity contribution in [3.8, 4) is 0 Å². The van der Waals surface area contributed by atoms with Crippen LogP contribution in [0, 0.1) is 24.0 Å². The average molecular weight is 380 g/mol. The van der Waals surface area contributed by atoms with Crippen LogP contribution in [0.4, 0.5) is 10.7 Å². The van der Waals surface area contributed by atoms with Crippen molar-refractivity contribution in [2.75, 3.05) is 11.9 Å². The first kappa shape index (κ1) is 19.6. The monoisotopic (exact) mass is 380 g/mol. The summed E-state index contributed by atoms with van der Waals surface area (Å²) in [4.78, 5) is 35.9. The number of rotatable bonds is 7. The normalized spacial score (nSPS) is 10.6. The summed E-state index contributed by atoms with van der Waals surface area (Å²) in [6, 6.07) is 1.70. The molecule has 2 rings (SSSR count). The molecule has 9 nitrogen and oxygen atoms in total. The molecule has 0 bridgehead atoms. The van der Waals surface area contributed by atoms with Gasteiger partial charge in [-0.15, -0.1) is 11.3 Å². The van der Waals surface area contributed by atoms with E-state index in [1.807, 2.05) is 6.92 Å². The summed E-state index contributed by atoms with van der Waals surface area (Å²) in [6.07, 6.45) is 0.719. The van der Waals surface area contributed by atoms with Gasteiger partial charge >= 0.3 is 11.7 Å². The van der Waals surface area contributed by atoms with Gasteiger partial charge in [-0.3, -0.25) is 19.6 Å². The van der Waals surface area contributed by atoms with Crippen molar-refractivity contribution in [1.29, 1.82) is 0 Å². The van der Waals surface area contributed by atoms with Crippen molar-refractivity contribution in [3.05, 3.63) is 38.0 Å². The summed E-state index contributed by atoms with van der Waals surface area (Å²) in [5.41, 5.74) is 0.751. The molecule has 0 saturated heterocycles. The molecule has 1 N–H and O–H groups in total. The number of aromatic nitrogens is 2. The number of esters is 1. The summed E-state index contributed by atoms with van der Waals surface area (Å²) < 4.78 is 6.29. The van der Waals surface area contributed by atoms with E-state index in [-0.39, 0.29) is 24.5 Å². The zero-order chi connectivity index (χ0) is 19.4. The average Bonchev–Trinajstić information content (AvgIpc) is 3.08. The molecule has 2 aromatic heterocycles. The quantitative estimate of drug-likeness (QED) is 0.448. The molecule has 0 atom stereocenters. The van der Waals surface area contributed by atoms with Crippen LogP contribution < -0.4 is 5.32 Å². The highest BCUT2D eigenvalue weighted by molar-refractivity contribution is 7.16. The second-order valence-electron chi connectivity index (χ2n) is 5.51. The third-order valence-corrected chi connectivity index (χ3v) is 4.89. The van der Waals surface area contributed by atoms with Gasteiger partial charge in [-0.1, -0.05) is 6.92 Å². The molecule has 0 aliphatic carbocycles. The molecule has 0 aliphatic heterocycles. The first-order valence-electron chi connectivity index (χ1n) is 8.06. The highest BCUT2D eigenvalue weighted by Crippen LogP contribution is 2.29. The molecule has 0 saturated carbocycles. The second kappa shape index (κ2) is 8.09. The number of hydrogen-bond donors (Lipinski definition) is 1. The van der Waals surface area contributed by atoms with E-state index < -0.39 is 16.8 Å². The number of hydrogen-bond acceptors (Lipinski definition) is 7. The lowest BCUT2D eigenvalue weighted by Gasteiger charge is -2.07. The van der Waals surface area contributed by atoms with Gasteiger partial charge in [-0.25, -0.2) is 4.79 Å². The van der Waals surface area contributed by atoms with Crippen LogP contribution in [0.3, 0.4) is 0 Å². The van der Waals surface area contributed by atoms with E-state index in [0.29, 0.717) is 16.3 Å². The van der Waals surface area contributed by atoms with Crippen molar-refractivity contribution in [1.82, 2.24) is 9.78 Å². The van der Waals surface area contributed by atoms with Crippen LogP contribution in [-0.2, 0) is 22.5 Å². The van der Waals surface area contributed by atoms with Crippen LogP contribution in [0.1, 0.15) is 40.5 Å². The third kappa shape index (κ3) is 4.07. The first-order chi connectivity index (χ1) is 12.3. The number of thiophene rings is 1. The summed E-state index contributed by atoms with van der Waals surface area (Å²) in [7, 11) is 0. The fourth-order valence-corrected chi connectivity index (χ4v) is 3.48. The molecular weight excluding hydrogens is 360 g/mol. The van der Waals surface area contributed by atoms with Gasteiger partial charge in [0.15, 0.2) is 0 Å². The number of ether oxygens (including phenoxy) is 1. The first-order valence-corrected chi connectivity index (χ1v) is 8.88. The highest BCUT2D eigenvalue weighted by Gasteiger charge is 2.24. The molecule has 0 radical (unpaired) electrons. The fourth-order valence-electron chi connectivity index (χ4n) is 2.48. The Bertz CT molecular complexity index is 855. The van der Waals surface area contributed by atoms with E-state index in [9.17, 15) is 19.7 Å². The van der Waals surface area contributed by atoms with Gasteiger partial charge in [0.1, 0.15) is 22.9 Å². The summed E-state index contributed by atoms with van der Waals surface area (Å²) >= 11 is 1.30. The highest BCUT2D eigenvalue weighted by atomic mass is 32.1. The molecule has 26 heavy (non-hydrogen) atoms. The van der Waals surface area contributed by atoms with Gasteiger partial charge in [0.2, 0.25) is 5.91 Å². The predicted molar refractivity (Wildman–Crippen MR) is 96.6 cm³/mol. The Kier molecular flexibility index (Phi) is 6.09. The van der Waals surface area contributed by atoms with Gasteiger partial charge in [0, 0.05) is 4.88 Å².